The van der Waals surface area contributed by atoms with Gasteiger partial charge in [0.1, 0.15) is 5.54 Å². The molecule has 1 spiro atoms. The fourth-order valence-electron chi connectivity index (χ4n) is 3.92. The van der Waals surface area contributed by atoms with E-state index >= 15 is 0 Å². The van der Waals surface area contributed by atoms with Crippen LogP contribution in [0, 0.1) is 6.92 Å². The number of imide groups is 1. The minimum atomic E-state index is -0.782. The number of carbonyl (C=O) groups is 3. The van der Waals surface area contributed by atoms with E-state index in [1.165, 1.54) is 0 Å². The first-order valence-electron chi connectivity index (χ1n) is 10.2. The van der Waals surface area contributed by atoms with Crippen LogP contribution in [0.15, 0.2) is 28.8 Å². The van der Waals surface area contributed by atoms with Crippen LogP contribution in [0.25, 0.3) is 11.4 Å². The van der Waals surface area contributed by atoms with Gasteiger partial charge in [0.2, 0.25) is 5.82 Å². The maximum Gasteiger partial charge on any atom is 0.325 e. The Bertz CT molecular complexity index is 947. The summed E-state index contributed by atoms with van der Waals surface area (Å²) in [5, 5.41) is 6.71. The molecule has 1 saturated heterocycles. The third kappa shape index (κ3) is 4.05. The predicted octanol–water partition coefficient (Wildman–Crippen LogP) is 2.73. The van der Waals surface area contributed by atoms with E-state index in [-0.39, 0.29) is 31.4 Å². The molecule has 2 heterocycles. The lowest BCUT2D eigenvalue weighted by Crippen LogP contribution is -2.48. The number of amides is 3. The van der Waals surface area contributed by atoms with Gasteiger partial charge in [-0.1, -0.05) is 54.2 Å². The van der Waals surface area contributed by atoms with Gasteiger partial charge >= 0.3 is 12.0 Å². The first kappa shape index (κ1) is 20.1. The van der Waals surface area contributed by atoms with Gasteiger partial charge in [0, 0.05) is 12.1 Å². The SMILES string of the molecule is Cc1ccc(-c2noc(COC(=O)CCN3C(=O)NC4(CCCCC4)C3=O)n2)cc1. The number of hydrogen-bond donors (Lipinski definition) is 1. The van der Waals surface area contributed by atoms with Gasteiger partial charge < -0.3 is 14.6 Å². The van der Waals surface area contributed by atoms with Crippen molar-refractivity contribution in [3.63, 3.8) is 0 Å². The number of carbonyl (C=O) groups excluding carboxylic acids is 3. The van der Waals surface area contributed by atoms with E-state index in [1.807, 2.05) is 31.2 Å². The number of nitrogens with zero attached hydrogens (tertiary/aromatic N) is 3. The summed E-state index contributed by atoms with van der Waals surface area (Å²) in [4.78, 5) is 42.3. The molecule has 30 heavy (non-hydrogen) atoms. The Labute approximate surface area is 173 Å². The molecule has 1 N–H and O–H groups in total. The van der Waals surface area contributed by atoms with Crippen molar-refractivity contribution in [2.45, 2.75) is 57.6 Å². The zero-order chi connectivity index (χ0) is 21.1. The monoisotopic (exact) mass is 412 g/mol. The van der Waals surface area contributed by atoms with E-state index < -0.39 is 17.5 Å². The highest BCUT2D eigenvalue weighted by Gasteiger charge is 2.51. The summed E-state index contributed by atoms with van der Waals surface area (Å²) in [6.45, 7) is 1.81. The minimum absolute atomic E-state index is 0.0102. The topological polar surface area (TPSA) is 115 Å². The normalized spacial score (nSPS) is 18.0. The highest BCUT2D eigenvalue weighted by molar-refractivity contribution is 6.07. The Balaban J connectivity index is 1.27. The molecule has 9 heteroatoms. The molecule has 2 aliphatic rings. The van der Waals surface area contributed by atoms with Crippen LogP contribution in [0.4, 0.5) is 4.79 Å². The molecule has 1 aromatic heterocycles. The molecule has 1 aliphatic carbocycles. The Morgan fingerprint density at radius 3 is 2.67 bits per heavy atom. The van der Waals surface area contributed by atoms with Crippen molar-refractivity contribution in [1.82, 2.24) is 20.4 Å². The third-order valence-corrected chi connectivity index (χ3v) is 5.63. The molecule has 1 aromatic carbocycles. The van der Waals surface area contributed by atoms with Crippen LogP contribution in [0.1, 0.15) is 50.0 Å². The van der Waals surface area contributed by atoms with Gasteiger partial charge in [-0.2, -0.15) is 4.98 Å². The zero-order valence-corrected chi connectivity index (χ0v) is 16.8. The van der Waals surface area contributed by atoms with Gasteiger partial charge in [-0.05, 0) is 19.8 Å². The molecule has 0 radical (unpaired) electrons. The van der Waals surface area contributed by atoms with Crippen molar-refractivity contribution < 1.29 is 23.6 Å². The fraction of sp³-hybridized carbons (Fsp3) is 0.476. The van der Waals surface area contributed by atoms with Crippen LogP contribution in [0.3, 0.4) is 0 Å². The Kier molecular flexibility index (Phi) is 5.52. The third-order valence-electron chi connectivity index (χ3n) is 5.63. The summed E-state index contributed by atoms with van der Waals surface area (Å²) in [5.74, 6) is -0.192. The van der Waals surface area contributed by atoms with Crippen LogP contribution in [-0.4, -0.2) is 45.0 Å². The molecule has 0 bridgehead atoms. The fourth-order valence-corrected chi connectivity index (χ4v) is 3.92. The van der Waals surface area contributed by atoms with Gasteiger partial charge in [-0.3, -0.25) is 14.5 Å². The Hall–Kier alpha value is -3.23. The second kappa shape index (κ2) is 8.25. The number of aromatic nitrogens is 2. The van der Waals surface area contributed by atoms with E-state index in [0.29, 0.717) is 18.7 Å². The van der Waals surface area contributed by atoms with Crippen molar-refractivity contribution in [2.24, 2.45) is 0 Å². The van der Waals surface area contributed by atoms with Gasteiger partial charge in [0.25, 0.3) is 11.8 Å². The molecule has 1 aliphatic heterocycles. The van der Waals surface area contributed by atoms with Gasteiger partial charge in [-0.15, -0.1) is 0 Å². The van der Waals surface area contributed by atoms with Crippen molar-refractivity contribution in [3.05, 3.63) is 35.7 Å². The Morgan fingerprint density at radius 1 is 1.20 bits per heavy atom. The second-order valence-corrected chi connectivity index (χ2v) is 7.82. The molecule has 3 amide bonds. The molecule has 2 aromatic rings. The van der Waals surface area contributed by atoms with Crippen molar-refractivity contribution in [3.8, 4) is 11.4 Å². The number of benzene rings is 1. The smallest absolute Gasteiger partial charge is 0.325 e. The van der Waals surface area contributed by atoms with Crippen LogP contribution in [0.2, 0.25) is 0 Å². The molecule has 2 fully saturated rings. The molecule has 9 nitrogen and oxygen atoms in total. The second-order valence-electron chi connectivity index (χ2n) is 7.82. The van der Waals surface area contributed by atoms with Gasteiger partial charge in [-0.25, -0.2) is 4.79 Å². The standard InChI is InChI=1S/C21H24N4O5/c1-14-5-7-15(8-6-14)18-22-16(30-24-18)13-29-17(26)9-12-25-19(27)21(23-20(25)28)10-3-2-4-11-21/h5-8H,2-4,9-13H2,1H3,(H,23,28). The number of aryl methyl sites for hydroxylation is 1. The largest absolute Gasteiger partial charge is 0.456 e. The van der Waals surface area contributed by atoms with Crippen molar-refractivity contribution in [1.29, 1.82) is 0 Å². The molecule has 4 rings (SSSR count). The molecule has 0 unspecified atom stereocenters. The van der Waals surface area contributed by atoms with Crippen LogP contribution < -0.4 is 5.32 Å². The molecule has 1 saturated carbocycles. The van der Waals surface area contributed by atoms with Crippen LogP contribution >= 0.6 is 0 Å². The highest BCUT2D eigenvalue weighted by atomic mass is 16.6. The first-order valence-corrected chi connectivity index (χ1v) is 10.2. The summed E-state index contributed by atoms with van der Waals surface area (Å²) in [5.41, 5.74) is 1.14. The average molecular weight is 412 g/mol. The summed E-state index contributed by atoms with van der Waals surface area (Å²) in [7, 11) is 0. The van der Waals surface area contributed by atoms with Gasteiger partial charge in [0.05, 0.1) is 6.42 Å². The first-order chi connectivity index (χ1) is 14.5. The molecule has 0 atom stereocenters. The van der Waals surface area contributed by atoms with E-state index in [9.17, 15) is 14.4 Å². The quantitative estimate of drug-likeness (QED) is 0.573. The molecular weight excluding hydrogens is 388 g/mol. The highest BCUT2D eigenvalue weighted by Crippen LogP contribution is 2.33. The van der Waals surface area contributed by atoms with Crippen LogP contribution in [-0.2, 0) is 20.9 Å². The van der Waals surface area contributed by atoms with E-state index in [4.69, 9.17) is 9.26 Å². The number of nitrogens with one attached hydrogen (secondary N) is 1. The Morgan fingerprint density at radius 2 is 1.93 bits per heavy atom. The number of esters is 1. The average Bonchev–Trinajstić information content (AvgIpc) is 3.30. The summed E-state index contributed by atoms with van der Waals surface area (Å²) < 4.78 is 10.3. The number of hydrogen-bond acceptors (Lipinski definition) is 7. The summed E-state index contributed by atoms with van der Waals surface area (Å²) in [6.07, 6.45) is 4.11. The number of urea groups is 1. The van der Waals surface area contributed by atoms with Crippen LogP contribution in [0.5, 0.6) is 0 Å². The van der Waals surface area contributed by atoms with E-state index in [0.717, 1.165) is 35.3 Å². The van der Waals surface area contributed by atoms with Crippen molar-refractivity contribution in [2.75, 3.05) is 6.54 Å². The lowest BCUT2D eigenvalue weighted by molar-refractivity contribution is -0.146. The maximum absolute atomic E-state index is 12.7. The lowest BCUT2D eigenvalue weighted by atomic mass is 9.82. The molecule has 158 valence electrons. The predicted molar refractivity (Wildman–Crippen MR) is 105 cm³/mol. The summed E-state index contributed by atoms with van der Waals surface area (Å²) in [6, 6.07) is 7.21. The van der Waals surface area contributed by atoms with Crippen molar-refractivity contribution >= 4 is 17.9 Å². The summed E-state index contributed by atoms with van der Waals surface area (Å²) >= 11 is 0. The lowest BCUT2D eigenvalue weighted by Gasteiger charge is -2.30. The maximum atomic E-state index is 12.7. The van der Waals surface area contributed by atoms with E-state index in [2.05, 4.69) is 15.5 Å². The van der Waals surface area contributed by atoms with Gasteiger partial charge in [0.15, 0.2) is 6.61 Å². The zero-order valence-electron chi connectivity index (χ0n) is 16.8. The minimum Gasteiger partial charge on any atom is -0.456 e. The number of rotatable bonds is 6. The number of ether oxygens (including phenoxy) is 1. The molecular formula is C21H24N4O5. The van der Waals surface area contributed by atoms with E-state index in [1.54, 1.807) is 0 Å².